The summed E-state index contributed by atoms with van der Waals surface area (Å²) in [5.74, 6) is 1.61. The maximum atomic E-state index is 14.3. The van der Waals surface area contributed by atoms with Crippen LogP contribution in [0, 0.1) is 11.2 Å². The van der Waals surface area contributed by atoms with Crippen LogP contribution < -0.4 is 4.74 Å². The first-order valence-corrected chi connectivity index (χ1v) is 10.8. The van der Waals surface area contributed by atoms with Crippen molar-refractivity contribution in [3.8, 4) is 5.75 Å². The highest BCUT2D eigenvalue weighted by atomic mass is 19.1. The fourth-order valence-corrected chi connectivity index (χ4v) is 5.13. The third-order valence-electron chi connectivity index (χ3n) is 6.86. The number of ether oxygens (including phenoxy) is 1. The van der Waals surface area contributed by atoms with Gasteiger partial charge in [-0.05, 0) is 56.8 Å². The molecular formula is C23H28FN3O3. The van der Waals surface area contributed by atoms with Gasteiger partial charge >= 0.3 is 0 Å². The number of benzene rings is 1. The van der Waals surface area contributed by atoms with Crippen molar-refractivity contribution < 1.29 is 18.3 Å². The molecular weight excluding hydrogens is 385 g/mol. The lowest BCUT2D eigenvalue weighted by atomic mass is 9.79. The molecule has 6 nitrogen and oxygen atoms in total. The van der Waals surface area contributed by atoms with Gasteiger partial charge in [0.15, 0.2) is 12.1 Å². The van der Waals surface area contributed by atoms with Gasteiger partial charge < -0.3 is 14.1 Å². The smallest absolute Gasteiger partial charge is 0.276 e. The van der Waals surface area contributed by atoms with Crippen LogP contribution in [0.3, 0.4) is 0 Å². The molecule has 1 saturated carbocycles. The topological polar surface area (TPSA) is 58.8 Å². The van der Waals surface area contributed by atoms with E-state index in [1.807, 2.05) is 4.90 Å². The molecule has 2 aromatic rings. The van der Waals surface area contributed by atoms with Gasteiger partial charge in [0.25, 0.3) is 5.91 Å². The van der Waals surface area contributed by atoms with Crippen molar-refractivity contribution >= 4 is 5.91 Å². The molecule has 1 aromatic carbocycles. The first-order chi connectivity index (χ1) is 14.6. The minimum absolute atomic E-state index is 0.00140. The maximum absolute atomic E-state index is 14.3. The Balaban J connectivity index is 1.26. The van der Waals surface area contributed by atoms with Crippen molar-refractivity contribution in [1.29, 1.82) is 0 Å². The summed E-state index contributed by atoms with van der Waals surface area (Å²) in [6.45, 7) is 3.87. The number of hydrogen-bond acceptors (Lipinski definition) is 5. The number of nitrogens with zero attached hydrogens (tertiary/aromatic N) is 3. The summed E-state index contributed by atoms with van der Waals surface area (Å²) in [5, 5.41) is 0. The molecule has 1 spiro atoms. The van der Waals surface area contributed by atoms with Crippen LogP contribution >= 0.6 is 0 Å². The zero-order chi connectivity index (χ0) is 20.7. The highest BCUT2D eigenvalue weighted by Gasteiger charge is 2.44. The summed E-state index contributed by atoms with van der Waals surface area (Å²) in [4.78, 5) is 21.6. The van der Waals surface area contributed by atoms with E-state index >= 15 is 0 Å². The zero-order valence-electron chi connectivity index (χ0n) is 17.4. The van der Waals surface area contributed by atoms with Gasteiger partial charge in [0.1, 0.15) is 17.3 Å². The molecule has 160 valence electrons. The molecule has 0 bridgehead atoms. The second-order valence-corrected chi connectivity index (χ2v) is 9.09. The van der Waals surface area contributed by atoms with Gasteiger partial charge in [-0.2, -0.15) is 0 Å². The van der Waals surface area contributed by atoms with Crippen LogP contribution in [0.25, 0.3) is 0 Å². The van der Waals surface area contributed by atoms with E-state index in [-0.39, 0.29) is 17.1 Å². The summed E-state index contributed by atoms with van der Waals surface area (Å²) in [5.41, 5.74) is 1.24. The quantitative estimate of drug-likeness (QED) is 0.746. The third kappa shape index (κ3) is 3.71. The van der Waals surface area contributed by atoms with Gasteiger partial charge in [-0.1, -0.05) is 0 Å². The number of aromatic nitrogens is 1. The zero-order valence-corrected chi connectivity index (χ0v) is 17.4. The molecule has 7 heteroatoms. The molecule has 0 N–H and O–H groups in total. The average molecular weight is 413 g/mol. The number of halogens is 1. The Hall–Kier alpha value is -2.41. The predicted octanol–water partition coefficient (Wildman–Crippen LogP) is 3.83. The first-order valence-electron chi connectivity index (χ1n) is 10.8. The molecule has 3 aliphatic rings. The van der Waals surface area contributed by atoms with Crippen LogP contribution in [0.1, 0.15) is 59.8 Å². The Labute approximate surface area is 176 Å². The van der Waals surface area contributed by atoms with Gasteiger partial charge in [-0.3, -0.25) is 9.69 Å². The average Bonchev–Trinajstić information content (AvgIpc) is 3.34. The normalized spacial score (nSPS) is 24.5. The van der Waals surface area contributed by atoms with E-state index in [0.29, 0.717) is 29.5 Å². The summed E-state index contributed by atoms with van der Waals surface area (Å²) >= 11 is 0. The number of rotatable bonds is 5. The van der Waals surface area contributed by atoms with Crippen LogP contribution in [0.2, 0.25) is 0 Å². The Bertz CT molecular complexity index is 942. The van der Waals surface area contributed by atoms with Crippen LogP contribution in [0.5, 0.6) is 5.75 Å². The molecule has 1 unspecified atom stereocenters. The Kier molecular flexibility index (Phi) is 5.01. The van der Waals surface area contributed by atoms with E-state index in [4.69, 9.17) is 9.15 Å². The Morgan fingerprint density at radius 1 is 1.30 bits per heavy atom. The van der Waals surface area contributed by atoms with Crippen molar-refractivity contribution in [1.82, 2.24) is 14.8 Å². The van der Waals surface area contributed by atoms with Crippen LogP contribution in [-0.4, -0.2) is 54.0 Å². The lowest BCUT2D eigenvalue weighted by Gasteiger charge is -2.40. The number of carbonyl (C=O) groups excluding carboxylic acids is 1. The minimum Gasteiger partial charge on any atom is -0.497 e. The SMILES string of the molecule is COc1ccc(F)c(CN2CCCC3(CCN(C(=O)c4ncoc4C4CC4)C3)C2)c1. The van der Waals surface area contributed by atoms with Gasteiger partial charge in [-0.15, -0.1) is 0 Å². The Morgan fingerprint density at radius 2 is 2.17 bits per heavy atom. The summed E-state index contributed by atoms with van der Waals surface area (Å²) < 4.78 is 25.1. The molecule has 2 aliphatic heterocycles. The summed E-state index contributed by atoms with van der Waals surface area (Å²) in [6.07, 6.45) is 6.70. The number of likely N-dealkylation sites (tertiary alicyclic amines) is 2. The summed E-state index contributed by atoms with van der Waals surface area (Å²) in [6, 6.07) is 4.90. The lowest BCUT2D eigenvalue weighted by molar-refractivity contribution is 0.0667. The number of oxazole rings is 1. The molecule has 30 heavy (non-hydrogen) atoms. The van der Waals surface area contributed by atoms with E-state index in [0.717, 1.165) is 64.0 Å². The fraction of sp³-hybridized carbons (Fsp3) is 0.565. The standard InChI is InChI=1S/C23H28FN3O3/c1-29-18-5-6-19(24)17(11-18)12-26-9-2-7-23(13-26)8-10-27(14-23)22(28)20-21(16-3-4-16)30-15-25-20/h5-6,11,15-16H,2-4,7-10,12-14H2,1H3. The molecule has 0 radical (unpaired) electrons. The van der Waals surface area contributed by atoms with E-state index in [2.05, 4.69) is 9.88 Å². The second-order valence-electron chi connectivity index (χ2n) is 9.09. The predicted molar refractivity (Wildman–Crippen MR) is 109 cm³/mol. The van der Waals surface area contributed by atoms with E-state index in [1.165, 1.54) is 12.5 Å². The minimum atomic E-state index is -0.197. The molecule has 1 amide bonds. The van der Waals surface area contributed by atoms with Crippen LogP contribution in [0.4, 0.5) is 4.39 Å². The first kappa shape index (κ1) is 19.5. The third-order valence-corrected chi connectivity index (χ3v) is 6.86. The largest absolute Gasteiger partial charge is 0.497 e. The number of piperidine rings is 1. The van der Waals surface area contributed by atoms with Gasteiger partial charge in [0.05, 0.1) is 7.11 Å². The van der Waals surface area contributed by atoms with E-state index in [9.17, 15) is 9.18 Å². The fourth-order valence-electron chi connectivity index (χ4n) is 5.13. The van der Waals surface area contributed by atoms with Crippen molar-refractivity contribution in [2.45, 2.75) is 44.6 Å². The van der Waals surface area contributed by atoms with Crippen molar-refractivity contribution in [2.24, 2.45) is 5.41 Å². The lowest BCUT2D eigenvalue weighted by Crippen LogP contribution is -2.45. The van der Waals surface area contributed by atoms with Crippen molar-refractivity contribution in [3.05, 3.63) is 47.4 Å². The second kappa shape index (κ2) is 7.69. The van der Waals surface area contributed by atoms with Crippen LogP contribution in [0.15, 0.2) is 29.0 Å². The molecule has 3 fully saturated rings. The Morgan fingerprint density at radius 3 is 2.97 bits per heavy atom. The molecule has 3 heterocycles. The molecule has 5 rings (SSSR count). The highest BCUT2D eigenvalue weighted by Crippen LogP contribution is 2.43. The number of hydrogen-bond donors (Lipinski definition) is 0. The van der Waals surface area contributed by atoms with Gasteiger partial charge in [0, 0.05) is 43.1 Å². The molecule has 1 atom stereocenters. The van der Waals surface area contributed by atoms with E-state index in [1.54, 1.807) is 19.2 Å². The van der Waals surface area contributed by atoms with Crippen molar-refractivity contribution in [3.63, 3.8) is 0 Å². The monoisotopic (exact) mass is 413 g/mol. The highest BCUT2D eigenvalue weighted by molar-refractivity contribution is 5.93. The number of methoxy groups -OCH3 is 1. The summed E-state index contributed by atoms with van der Waals surface area (Å²) in [7, 11) is 1.60. The van der Waals surface area contributed by atoms with Crippen LogP contribution in [-0.2, 0) is 6.54 Å². The molecule has 1 aromatic heterocycles. The molecule has 1 aliphatic carbocycles. The van der Waals surface area contributed by atoms with Gasteiger partial charge in [0.2, 0.25) is 0 Å². The number of amides is 1. The number of carbonyl (C=O) groups is 1. The van der Waals surface area contributed by atoms with Gasteiger partial charge in [-0.25, -0.2) is 9.37 Å². The van der Waals surface area contributed by atoms with E-state index < -0.39 is 0 Å². The van der Waals surface area contributed by atoms with Crippen molar-refractivity contribution in [2.75, 3.05) is 33.3 Å². The maximum Gasteiger partial charge on any atom is 0.276 e. The molecule has 2 saturated heterocycles.